The van der Waals surface area contributed by atoms with Crippen LogP contribution in [0.25, 0.3) is 49.0 Å². The minimum absolute atomic E-state index is 0.248. The van der Waals surface area contributed by atoms with Gasteiger partial charge >= 0.3 is 0 Å². The highest BCUT2D eigenvalue weighted by Crippen LogP contribution is 2.51. The summed E-state index contributed by atoms with van der Waals surface area (Å²) in [5.41, 5.74) is 9.47. The van der Waals surface area contributed by atoms with Gasteiger partial charge in [0.2, 0.25) is 0 Å². The molecule has 49 heavy (non-hydrogen) atoms. The number of rotatable bonds is 3. The van der Waals surface area contributed by atoms with Crippen LogP contribution in [0.1, 0.15) is 23.3 Å². The lowest BCUT2D eigenvalue weighted by Crippen LogP contribution is -2.28. The summed E-state index contributed by atoms with van der Waals surface area (Å²) in [5, 5.41) is 11.0. The van der Waals surface area contributed by atoms with E-state index in [1.807, 2.05) is 0 Å². The van der Waals surface area contributed by atoms with Crippen LogP contribution in [-0.4, -0.2) is 10.6 Å². The Bertz CT molecular complexity index is 2690. The summed E-state index contributed by atoms with van der Waals surface area (Å²) in [5.74, 6) is 1.21. The fourth-order valence-electron chi connectivity index (χ4n) is 8.51. The lowest BCUT2D eigenvalue weighted by Gasteiger charge is -2.28. The van der Waals surface area contributed by atoms with Crippen LogP contribution in [0.2, 0.25) is 0 Å². The first-order chi connectivity index (χ1) is 24.3. The average Bonchev–Trinajstić information content (AvgIpc) is 3.84. The lowest BCUT2D eigenvalue weighted by atomic mass is 9.90. The molecule has 0 radical (unpaired) electrons. The van der Waals surface area contributed by atoms with Crippen molar-refractivity contribution in [2.45, 2.75) is 18.2 Å². The van der Waals surface area contributed by atoms with Crippen LogP contribution in [-0.2, 0) is 0 Å². The Labute approximate surface area is 283 Å². The van der Waals surface area contributed by atoms with Crippen LogP contribution in [0.15, 0.2) is 164 Å². The first-order valence-electron chi connectivity index (χ1n) is 17.0. The van der Waals surface area contributed by atoms with Gasteiger partial charge in [0, 0.05) is 44.7 Å². The summed E-state index contributed by atoms with van der Waals surface area (Å²) < 4.78 is 9.26. The first kappa shape index (κ1) is 26.8. The normalized spacial score (nSPS) is 18.9. The molecule has 1 N–H and O–H groups in total. The smallest absolute Gasteiger partial charge is 0.196 e. The number of benzene rings is 7. The number of aromatic nitrogens is 1. The molecule has 0 saturated heterocycles. The Kier molecular flexibility index (Phi) is 5.53. The van der Waals surface area contributed by atoms with E-state index in [-0.39, 0.29) is 12.3 Å². The summed E-state index contributed by atoms with van der Waals surface area (Å²) in [4.78, 5) is 2.51. The van der Waals surface area contributed by atoms with Gasteiger partial charge in [0.15, 0.2) is 12.0 Å². The van der Waals surface area contributed by atoms with Crippen molar-refractivity contribution in [2.24, 2.45) is 0 Å². The summed E-state index contributed by atoms with van der Waals surface area (Å²) in [6.45, 7) is 0. The topological polar surface area (TPSA) is 29.4 Å². The van der Waals surface area contributed by atoms with Crippen molar-refractivity contribution in [3.8, 4) is 11.4 Å². The van der Waals surface area contributed by atoms with E-state index in [2.05, 4.69) is 179 Å². The van der Waals surface area contributed by atoms with Gasteiger partial charge in [-0.1, -0.05) is 115 Å². The molecule has 0 spiro atoms. The highest BCUT2D eigenvalue weighted by molar-refractivity contribution is 6.13. The van der Waals surface area contributed by atoms with Crippen LogP contribution in [0, 0.1) is 0 Å². The number of nitrogens with zero attached hydrogens (tertiary/aromatic N) is 2. The predicted octanol–water partition coefficient (Wildman–Crippen LogP) is 11.3. The molecule has 8 aromatic rings. The third-order valence-electron chi connectivity index (χ3n) is 10.7. The molecular formula is C45H31N3O. The third-order valence-corrected chi connectivity index (χ3v) is 10.7. The second-order valence-corrected chi connectivity index (χ2v) is 13.3. The largest absolute Gasteiger partial charge is 0.464 e. The molecule has 0 bridgehead atoms. The van der Waals surface area contributed by atoms with Gasteiger partial charge in [0.25, 0.3) is 0 Å². The fourth-order valence-corrected chi connectivity index (χ4v) is 8.51. The standard InChI is InChI=1S/C45H31N3O/c1-3-12-31(13-4-1)47-39-18-10-9-17-34(39)36-26-37-35-23-21-30(25-40(35)48(42(37)27-41(36)47)32-14-5-2-6-15-32)45-46-38-24-22-29-20-19-28-11-7-8-16-33(28)43(29)44(38)49-45/h1-27,34,39,45-46H. The molecule has 3 heterocycles. The van der Waals surface area contributed by atoms with Crippen LogP contribution in [0.3, 0.4) is 0 Å². The number of anilines is 3. The lowest BCUT2D eigenvalue weighted by molar-refractivity contribution is 0.263. The van der Waals surface area contributed by atoms with E-state index in [0.717, 1.165) is 28.1 Å². The number of nitrogens with one attached hydrogen (secondary N) is 1. The monoisotopic (exact) mass is 629 g/mol. The SMILES string of the molecule is C1=CC2c3cc4c5ccc(C6Nc7ccc8ccc9ccccc9c8c7O6)cc5n(-c5ccccc5)c4cc3N(c3ccccc3)C2C=C1. The molecule has 1 aromatic heterocycles. The Morgan fingerprint density at radius 1 is 0.571 bits per heavy atom. The zero-order valence-corrected chi connectivity index (χ0v) is 26.6. The van der Waals surface area contributed by atoms with E-state index in [4.69, 9.17) is 4.74 Å². The maximum Gasteiger partial charge on any atom is 0.196 e. The van der Waals surface area contributed by atoms with Crippen LogP contribution in [0.5, 0.6) is 5.75 Å². The molecular weight excluding hydrogens is 599 g/mol. The minimum atomic E-state index is -0.301. The highest BCUT2D eigenvalue weighted by atomic mass is 16.5. The van der Waals surface area contributed by atoms with Crippen LogP contribution >= 0.6 is 0 Å². The second-order valence-electron chi connectivity index (χ2n) is 13.3. The molecule has 11 rings (SSSR count). The Hall–Kier alpha value is -6.26. The molecule has 4 heteroatoms. The maximum absolute atomic E-state index is 6.83. The van der Waals surface area contributed by atoms with E-state index in [1.165, 1.54) is 54.9 Å². The van der Waals surface area contributed by atoms with E-state index in [1.54, 1.807) is 0 Å². The molecule has 3 unspecified atom stereocenters. The Balaban J connectivity index is 1.10. The molecule has 0 saturated carbocycles. The molecule has 4 nitrogen and oxygen atoms in total. The molecule has 232 valence electrons. The van der Waals surface area contributed by atoms with Crippen molar-refractivity contribution in [2.75, 3.05) is 10.2 Å². The molecule has 0 amide bonds. The van der Waals surface area contributed by atoms with Gasteiger partial charge in [0.05, 0.1) is 22.8 Å². The quantitative estimate of drug-likeness (QED) is 0.197. The number of hydrogen-bond donors (Lipinski definition) is 1. The number of ether oxygens (including phenoxy) is 1. The van der Waals surface area contributed by atoms with Gasteiger partial charge in [-0.15, -0.1) is 0 Å². The zero-order valence-electron chi connectivity index (χ0n) is 26.6. The van der Waals surface area contributed by atoms with Crippen molar-refractivity contribution in [3.63, 3.8) is 0 Å². The molecule has 0 fully saturated rings. The number of fused-ring (bicyclic) bond motifs is 11. The van der Waals surface area contributed by atoms with Crippen molar-refractivity contribution in [1.82, 2.24) is 4.57 Å². The van der Waals surface area contributed by atoms with Gasteiger partial charge in [-0.2, -0.15) is 0 Å². The second kappa shape index (κ2) is 10.1. The molecule has 1 aliphatic carbocycles. The first-order valence-corrected chi connectivity index (χ1v) is 17.0. The number of allylic oxidation sites excluding steroid dienone is 2. The minimum Gasteiger partial charge on any atom is -0.464 e. The Morgan fingerprint density at radius 3 is 2.18 bits per heavy atom. The van der Waals surface area contributed by atoms with Gasteiger partial charge in [-0.05, 0) is 70.3 Å². The number of hydrogen-bond acceptors (Lipinski definition) is 3. The maximum atomic E-state index is 6.83. The molecule has 2 aliphatic heterocycles. The predicted molar refractivity (Wildman–Crippen MR) is 203 cm³/mol. The summed E-state index contributed by atoms with van der Waals surface area (Å²) in [7, 11) is 0. The number of para-hydroxylation sites is 2. The van der Waals surface area contributed by atoms with Crippen LogP contribution in [0.4, 0.5) is 17.1 Å². The van der Waals surface area contributed by atoms with Gasteiger partial charge in [0.1, 0.15) is 0 Å². The van der Waals surface area contributed by atoms with E-state index in [9.17, 15) is 0 Å². The molecule has 3 aliphatic rings. The van der Waals surface area contributed by atoms with E-state index >= 15 is 0 Å². The van der Waals surface area contributed by atoms with Gasteiger partial charge in [-0.25, -0.2) is 0 Å². The van der Waals surface area contributed by atoms with Gasteiger partial charge < -0.3 is 19.5 Å². The van der Waals surface area contributed by atoms with E-state index in [0.29, 0.717) is 5.92 Å². The van der Waals surface area contributed by atoms with Crippen molar-refractivity contribution in [3.05, 3.63) is 175 Å². The fraction of sp³-hybridized carbons (Fsp3) is 0.0667. The van der Waals surface area contributed by atoms with E-state index < -0.39 is 0 Å². The van der Waals surface area contributed by atoms with Crippen LogP contribution < -0.4 is 15.0 Å². The van der Waals surface area contributed by atoms with Crippen molar-refractivity contribution < 1.29 is 4.74 Å². The Morgan fingerprint density at radius 2 is 1.31 bits per heavy atom. The summed E-state index contributed by atoms with van der Waals surface area (Å²) in [6, 6.07) is 50.8. The zero-order chi connectivity index (χ0) is 32.1. The van der Waals surface area contributed by atoms with Gasteiger partial charge in [-0.3, -0.25) is 0 Å². The van der Waals surface area contributed by atoms with Crippen molar-refractivity contribution >= 4 is 60.4 Å². The molecule has 7 aromatic carbocycles. The summed E-state index contributed by atoms with van der Waals surface area (Å²) >= 11 is 0. The van der Waals surface area contributed by atoms with Crippen molar-refractivity contribution in [1.29, 1.82) is 0 Å². The molecule has 3 atom stereocenters. The average molecular weight is 630 g/mol. The third kappa shape index (κ3) is 3.86. The summed E-state index contributed by atoms with van der Waals surface area (Å²) in [6.07, 6.45) is 8.79. The highest BCUT2D eigenvalue weighted by Gasteiger charge is 2.38.